The summed E-state index contributed by atoms with van der Waals surface area (Å²) in [6, 6.07) is 0. The Morgan fingerprint density at radius 3 is 2.87 bits per heavy atom. The lowest BCUT2D eigenvalue weighted by Crippen LogP contribution is -2.36. The van der Waals surface area contributed by atoms with E-state index in [1.54, 1.807) is 6.92 Å². The van der Waals surface area contributed by atoms with Gasteiger partial charge in [0.25, 0.3) is 5.91 Å². The average Bonchev–Trinajstić information content (AvgIpc) is 2.62. The summed E-state index contributed by atoms with van der Waals surface area (Å²) in [5.41, 5.74) is 0.672. The molecule has 0 aliphatic carbocycles. The van der Waals surface area contributed by atoms with E-state index in [1.165, 1.54) is 0 Å². The van der Waals surface area contributed by atoms with Gasteiger partial charge < -0.3 is 15.3 Å². The molecule has 2 N–H and O–H groups in total. The molecule has 82 valence electrons. The Morgan fingerprint density at radius 2 is 2.40 bits per heavy atom. The lowest BCUT2D eigenvalue weighted by Gasteiger charge is -2.08. The van der Waals surface area contributed by atoms with Crippen LogP contribution in [0.2, 0.25) is 0 Å². The van der Waals surface area contributed by atoms with Crippen molar-refractivity contribution < 1.29 is 19.5 Å². The van der Waals surface area contributed by atoms with Gasteiger partial charge in [0.15, 0.2) is 5.71 Å². The van der Waals surface area contributed by atoms with Crippen molar-refractivity contribution in [3.63, 3.8) is 0 Å². The van der Waals surface area contributed by atoms with Crippen LogP contribution < -0.4 is 5.32 Å². The van der Waals surface area contributed by atoms with Crippen molar-refractivity contribution >= 4 is 17.6 Å². The van der Waals surface area contributed by atoms with E-state index in [-0.39, 0.29) is 18.0 Å². The first-order chi connectivity index (χ1) is 7.00. The van der Waals surface area contributed by atoms with Gasteiger partial charge in [-0.1, -0.05) is 17.3 Å². The Kier molecular flexibility index (Phi) is 3.43. The highest BCUT2D eigenvalue weighted by Gasteiger charge is 2.31. The van der Waals surface area contributed by atoms with Crippen LogP contribution in [0.15, 0.2) is 17.3 Å². The molecule has 0 aromatic heterocycles. The molecule has 1 aliphatic heterocycles. The van der Waals surface area contributed by atoms with Crippen LogP contribution in [0, 0.1) is 0 Å². The van der Waals surface area contributed by atoms with E-state index in [2.05, 4.69) is 21.9 Å². The van der Waals surface area contributed by atoms with Crippen LogP contribution in [-0.4, -0.2) is 35.3 Å². The molecule has 1 unspecified atom stereocenters. The van der Waals surface area contributed by atoms with Crippen LogP contribution in [0.25, 0.3) is 0 Å². The number of rotatable bonds is 4. The van der Waals surface area contributed by atoms with Gasteiger partial charge in [0.1, 0.15) is 0 Å². The number of hydrogen-bond donors (Lipinski definition) is 2. The molecule has 0 bridgehead atoms. The van der Waals surface area contributed by atoms with Gasteiger partial charge >= 0.3 is 5.97 Å². The Labute approximate surface area is 86.6 Å². The molecule has 15 heavy (non-hydrogen) atoms. The molecule has 0 aromatic carbocycles. The predicted molar refractivity (Wildman–Crippen MR) is 52.4 cm³/mol. The highest BCUT2D eigenvalue weighted by Crippen LogP contribution is 2.10. The zero-order valence-corrected chi connectivity index (χ0v) is 8.32. The van der Waals surface area contributed by atoms with Gasteiger partial charge in [-0.25, -0.2) is 4.79 Å². The maximum absolute atomic E-state index is 11.4. The minimum absolute atomic E-state index is 0.00262. The van der Waals surface area contributed by atoms with E-state index < -0.39 is 12.1 Å². The predicted octanol–water partition coefficient (Wildman–Crippen LogP) is -0.0918. The summed E-state index contributed by atoms with van der Waals surface area (Å²) in [4.78, 5) is 26.5. The molecule has 0 fully saturated rings. The zero-order valence-electron chi connectivity index (χ0n) is 8.32. The Bertz CT molecular complexity index is 335. The number of carboxylic acids is 1. The second-order valence-electron chi connectivity index (χ2n) is 3.32. The normalized spacial score (nSPS) is 19.0. The third-order valence-electron chi connectivity index (χ3n) is 1.77. The lowest BCUT2D eigenvalue weighted by atomic mass is 10.1. The van der Waals surface area contributed by atoms with Gasteiger partial charge in [0.2, 0.25) is 6.10 Å². The van der Waals surface area contributed by atoms with E-state index in [0.717, 1.165) is 5.57 Å². The molecule has 1 aliphatic rings. The second kappa shape index (κ2) is 4.59. The van der Waals surface area contributed by atoms with Crippen molar-refractivity contribution in [2.75, 3.05) is 6.54 Å². The van der Waals surface area contributed by atoms with Crippen LogP contribution in [-0.2, 0) is 14.4 Å². The van der Waals surface area contributed by atoms with Crippen LogP contribution in [0.5, 0.6) is 0 Å². The standard InChI is InChI=1S/C9H12N2O4/c1-5(2)4-10-8(12)7-3-6(9(13)14)11-15-7/h7H,1,3-4H2,2H3,(H,10,12)(H,13,14). The number of nitrogens with zero attached hydrogens (tertiary/aromatic N) is 1. The Balaban J connectivity index is 2.39. The number of aliphatic carboxylic acids is 1. The zero-order chi connectivity index (χ0) is 11.4. The second-order valence-corrected chi connectivity index (χ2v) is 3.32. The van der Waals surface area contributed by atoms with Crippen molar-refractivity contribution in [3.05, 3.63) is 12.2 Å². The summed E-state index contributed by atoms with van der Waals surface area (Å²) < 4.78 is 0. The minimum Gasteiger partial charge on any atom is -0.477 e. The number of amides is 1. The number of nitrogens with one attached hydrogen (secondary N) is 1. The van der Waals surface area contributed by atoms with Crippen molar-refractivity contribution in [1.82, 2.24) is 5.32 Å². The highest BCUT2D eigenvalue weighted by atomic mass is 16.6. The van der Waals surface area contributed by atoms with Crippen LogP contribution >= 0.6 is 0 Å². The number of hydrogen-bond acceptors (Lipinski definition) is 4. The summed E-state index contributed by atoms with van der Waals surface area (Å²) in [5.74, 6) is -1.54. The molecule has 6 heteroatoms. The first-order valence-corrected chi connectivity index (χ1v) is 4.38. The quantitative estimate of drug-likeness (QED) is 0.637. The van der Waals surface area contributed by atoms with E-state index in [9.17, 15) is 9.59 Å². The lowest BCUT2D eigenvalue weighted by molar-refractivity contribution is -0.131. The molecule has 6 nitrogen and oxygen atoms in total. The maximum Gasteiger partial charge on any atom is 0.353 e. The summed E-state index contributed by atoms with van der Waals surface area (Å²) >= 11 is 0. The largest absolute Gasteiger partial charge is 0.477 e. The van der Waals surface area contributed by atoms with Crippen LogP contribution in [0.1, 0.15) is 13.3 Å². The molecule has 1 rings (SSSR count). The summed E-state index contributed by atoms with van der Waals surface area (Å²) in [6.07, 6.45) is -0.840. The van der Waals surface area contributed by atoms with Crippen molar-refractivity contribution in [3.8, 4) is 0 Å². The van der Waals surface area contributed by atoms with Gasteiger partial charge in [0.05, 0.1) is 0 Å². The molecule has 0 saturated heterocycles. The van der Waals surface area contributed by atoms with Crippen molar-refractivity contribution in [1.29, 1.82) is 0 Å². The Morgan fingerprint density at radius 1 is 1.73 bits per heavy atom. The minimum atomic E-state index is -1.16. The molecular formula is C9H12N2O4. The van der Waals surface area contributed by atoms with E-state index in [0.29, 0.717) is 6.54 Å². The number of carboxylic acid groups (broad SMARTS) is 1. The fraction of sp³-hybridized carbons (Fsp3) is 0.444. The van der Waals surface area contributed by atoms with E-state index in [4.69, 9.17) is 5.11 Å². The van der Waals surface area contributed by atoms with Crippen LogP contribution in [0.4, 0.5) is 0 Å². The molecule has 0 aromatic rings. The van der Waals surface area contributed by atoms with E-state index >= 15 is 0 Å². The fourth-order valence-corrected chi connectivity index (χ4v) is 0.996. The van der Waals surface area contributed by atoms with Crippen molar-refractivity contribution in [2.24, 2.45) is 5.16 Å². The molecule has 1 heterocycles. The molecule has 0 spiro atoms. The van der Waals surface area contributed by atoms with Gasteiger partial charge in [0, 0.05) is 13.0 Å². The molecular weight excluding hydrogens is 200 g/mol. The van der Waals surface area contributed by atoms with E-state index in [1.807, 2.05) is 0 Å². The first kappa shape index (κ1) is 11.2. The highest BCUT2D eigenvalue weighted by molar-refractivity contribution is 6.36. The fourth-order valence-electron chi connectivity index (χ4n) is 0.996. The maximum atomic E-state index is 11.4. The van der Waals surface area contributed by atoms with Gasteiger partial charge in [-0.3, -0.25) is 4.79 Å². The SMILES string of the molecule is C=C(C)CNC(=O)C1CC(C(=O)O)=NO1. The monoisotopic (exact) mass is 212 g/mol. The summed E-state index contributed by atoms with van der Waals surface area (Å²) in [7, 11) is 0. The third kappa shape index (κ3) is 3.08. The molecule has 0 saturated carbocycles. The number of oxime groups is 1. The summed E-state index contributed by atoms with van der Waals surface area (Å²) in [6.45, 7) is 5.74. The van der Waals surface area contributed by atoms with Gasteiger partial charge in [-0.2, -0.15) is 0 Å². The van der Waals surface area contributed by atoms with Crippen LogP contribution in [0.3, 0.4) is 0 Å². The molecule has 1 atom stereocenters. The first-order valence-electron chi connectivity index (χ1n) is 4.38. The Hall–Kier alpha value is -1.85. The van der Waals surface area contributed by atoms with Gasteiger partial charge in [-0.05, 0) is 6.92 Å². The average molecular weight is 212 g/mol. The van der Waals surface area contributed by atoms with Gasteiger partial charge in [-0.15, -0.1) is 0 Å². The van der Waals surface area contributed by atoms with Crippen molar-refractivity contribution in [2.45, 2.75) is 19.4 Å². The summed E-state index contributed by atoms with van der Waals surface area (Å²) in [5, 5.41) is 14.4. The number of carbonyl (C=O) groups excluding carboxylic acids is 1. The molecule has 1 amide bonds. The number of carbonyl (C=O) groups is 2. The topological polar surface area (TPSA) is 88.0 Å². The third-order valence-corrected chi connectivity index (χ3v) is 1.77. The smallest absolute Gasteiger partial charge is 0.353 e. The molecule has 0 radical (unpaired) electrons.